The summed E-state index contributed by atoms with van der Waals surface area (Å²) in [6, 6.07) is 8.06. The fourth-order valence-electron chi connectivity index (χ4n) is 10.5. The third kappa shape index (κ3) is 8.13. The molecule has 0 radical (unpaired) electrons. The van der Waals surface area contributed by atoms with Crippen molar-refractivity contribution in [3.63, 3.8) is 0 Å². The zero-order chi connectivity index (χ0) is 44.7. The summed E-state index contributed by atoms with van der Waals surface area (Å²) in [5.41, 5.74) is 2.84. The average Bonchev–Trinajstić information content (AvgIpc) is 3.75. The highest BCUT2D eigenvalue weighted by molar-refractivity contribution is 6.90. The van der Waals surface area contributed by atoms with E-state index in [1.807, 2.05) is 6.07 Å². The van der Waals surface area contributed by atoms with E-state index in [0.29, 0.717) is 18.4 Å². The molecule has 3 aliphatic rings. The average molecular weight is 875 g/mol. The Morgan fingerprint density at radius 3 is 2.42 bits per heavy atom. The van der Waals surface area contributed by atoms with Gasteiger partial charge < -0.3 is 29.1 Å². The van der Waals surface area contributed by atoms with E-state index >= 15 is 13.2 Å². The van der Waals surface area contributed by atoms with E-state index in [0.717, 1.165) is 12.5 Å². The molecule has 4 aromatic rings. The molecule has 4 heterocycles. The number of hydrogen-bond donors (Lipinski definition) is 1. The van der Waals surface area contributed by atoms with E-state index in [1.165, 1.54) is 30.2 Å². The number of amides is 1. The van der Waals surface area contributed by atoms with Gasteiger partial charge in [-0.05, 0) is 65.7 Å². The number of alkyl halides is 1. The predicted octanol–water partition coefficient (Wildman–Crippen LogP) is 9.46. The summed E-state index contributed by atoms with van der Waals surface area (Å²) in [7, 11) is -0.975. The van der Waals surface area contributed by atoms with Crippen molar-refractivity contribution < 1.29 is 41.7 Å². The van der Waals surface area contributed by atoms with Gasteiger partial charge in [0.2, 0.25) is 0 Å². The number of anilines is 1. The maximum absolute atomic E-state index is 17.8. The van der Waals surface area contributed by atoms with Crippen molar-refractivity contribution in [1.82, 2.24) is 19.8 Å². The largest absolute Gasteiger partial charge is 0.468 e. The van der Waals surface area contributed by atoms with Gasteiger partial charge in [0.15, 0.2) is 12.6 Å². The smallest absolute Gasteiger partial charge is 0.407 e. The quantitative estimate of drug-likeness (QED) is 0.0637. The predicted molar refractivity (Wildman–Crippen MR) is 232 cm³/mol. The summed E-state index contributed by atoms with van der Waals surface area (Å²) < 4.78 is 83.2. The maximum Gasteiger partial charge on any atom is 0.407 e. The molecule has 3 aliphatic heterocycles. The van der Waals surface area contributed by atoms with Crippen LogP contribution in [0.2, 0.25) is 16.6 Å². The lowest BCUT2D eigenvalue weighted by Gasteiger charge is -2.40. The zero-order valence-electron chi connectivity index (χ0n) is 36.3. The molecule has 0 unspecified atom stereocenters. The van der Waals surface area contributed by atoms with Crippen molar-refractivity contribution >= 4 is 41.7 Å². The molecule has 1 amide bonds. The molecule has 16 heteroatoms. The molecule has 3 saturated heterocycles. The summed E-state index contributed by atoms with van der Waals surface area (Å²) in [4.78, 5) is 26.2. The molecule has 1 aromatic heterocycles. The molecule has 0 bridgehead atoms. The van der Waals surface area contributed by atoms with Gasteiger partial charge in [0, 0.05) is 56.0 Å². The lowest BCUT2D eigenvalue weighted by atomic mass is 9.92. The van der Waals surface area contributed by atoms with Crippen LogP contribution >= 0.6 is 0 Å². The lowest BCUT2D eigenvalue weighted by Crippen LogP contribution is -2.55. The number of nitrogens with zero attached hydrogens (tertiary/aromatic N) is 6. The number of fused-ring (bicyclic) bond motifs is 3. The van der Waals surface area contributed by atoms with Crippen LogP contribution in [0, 0.1) is 40.2 Å². The van der Waals surface area contributed by atoms with Crippen LogP contribution in [0.3, 0.4) is 0 Å². The van der Waals surface area contributed by atoms with E-state index in [1.54, 1.807) is 11.0 Å². The fraction of sp³-hybridized carbons (Fsp3) is 0.522. The van der Waals surface area contributed by atoms with Crippen LogP contribution in [0.5, 0.6) is 11.8 Å². The highest BCUT2D eigenvalue weighted by Gasteiger charge is 2.49. The molecule has 0 spiro atoms. The molecule has 3 aromatic carbocycles. The number of nitriles is 1. The zero-order valence-corrected chi connectivity index (χ0v) is 37.3. The Bertz CT molecular complexity index is 2450. The second-order valence-electron chi connectivity index (χ2n) is 17.8. The monoisotopic (exact) mass is 874 g/mol. The van der Waals surface area contributed by atoms with Crippen molar-refractivity contribution in [1.29, 1.82) is 5.26 Å². The molecule has 0 aliphatic carbocycles. The molecule has 0 saturated carbocycles. The van der Waals surface area contributed by atoms with Gasteiger partial charge in [-0.1, -0.05) is 53.5 Å². The maximum atomic E-state index is 17.8. The van der Waals surface area contributed by atoms with Gasteiger partial charge in [-0.25, -0.2) is 22.4 Å². The molecular weight excluding hydrogens is 821 g/mol. The highest BCUT2D eigenvalue weighted by Crippen LogP contribution is 2.45. The van der Waals surface area contributed by atoms with Gasteiger partial charge in [-0.2, -0.15) is 15.2 Å². The fourth-order valence-corrected chi connectivity index (χ4v) is 15.7. The number of piperazine rings is 1. The number of ether oxygens (including phenoxy) is 3. The summed E-state index contributed by atoms with van der Waals surface area (Å²) in [6.45, 7) is 13.8. The Morgan fingerprint density at radius 1 is 1.00 bits per heavy atom. The molecule has 62 heavy (non-hydrogen) atoms. The van der Waals surface area contributed by atoms with Gasteiger partial charge in [0.1, 0.15) is 49.6 Å². The van der Waals surface area contributed by atoms with E-state index in [4.69, 9.17) is 14.2 Å². The number of methoxy groups -OCH3 is 1. The molecule has 330 valence electrons. The minimum absolute atomic E-state index is 0.00356. The lowest BCUT2D eigenvalue weighted by molar-refractivity contribution is 0.0512. The number of benzene rings is 3. The third-order valence-corrected chi connectivity index (χ3v) is 19.6. The number of carboxylic acid groups (broad SMARTS) is 1. The number of hydrogen-bond acceptors (Lipinski definition) is 9. The first-order chi connectivity index (χ1) is 29.5. The van der Waals surface area contributed by atoms with Gasteiger partial charge in [0.25, 0.3) is 0 Å². The van der Waals surface area contributed by atoms with Crippen LogP contribution < -0.4 is 14.4 Å². The van der Waals surface area contributed by atoms with Crippen LogP contribution in [0.4, 0.5) is 28.2 Å². The Labute approximate surface area is 361 Å². The molecule has 1 N–H and O–H groups in total. The van der Waals surface area contributed by atoms with E-state index < -0.39 is 54.9 Å². The summed E-state index contributed by atoms with van der Waals surface area (Å²) in [5, 5.41) is 20.1. The number of rotatable bonds is 12. The van der Waals surface area contributed by atoms with Crippen molar-refractivity contribution in [3.05, 3.63) is 53.3 Å². The van der Waals surface area contributed by atoms with Gasteiger partial charge >= 0.3 is 12.1 Å². The summed E-state index contributed by atoms with van der Waals surface area (Å²) in [5.74, 6) is 0.774. The molecule has 11 nitrogen and oxygen atoms in total. The molecule has 7 rings (SSSR count). The Kier molecular flexibility index (Phi) is 13.0. The Morgan fingerprint density at radius 2 is 1.74 bits per heavy atom. The van der Waals surface area contributed by atoms with E-state index in [9.17, 15) is 19.6 Å². The minimum atomic E-state index is -2.41. The second-order valence-corrected chi connectivity index (χ2v) is 23.3. The van der Waals surface area contributed by atoms with Crippen molar-refractivity contribution in [3.8, 4) is 40.4 Å². The minimum Gasteiger partial charge on any atom is -0.468 e. The van der Waals surface area contributed by atoms with Gasteiger partial charge in [-0.3, -0.25) is 4.90 Å². The van der Waals surface area contributed by atoms with Crippen molar-refractivity contribution in [2.45, 2.75) is 102 Å². The van der Waals surface area contributed by atoms with E-state index in [2.05, 4.69) is 67.9 Å². The van der Waals surface area contributed by atoms with Crippen molar-refractivity contribution in [2.75, 3.05) is 58.1 Å². The third-order valence-electron chi connectivity index (χ3n) is 13.4. The molecule has 3 atom stereocenters. The van der Waals surface area contributed by atoms with Crippen LogP contribution in [-0.2, 0) is 4.74 Å². The van der Waals surface area contributed by atoms with Crippen LogP contribution in [0.25, 0.3) is 32.8 Å². The van der Waals surface area contributed by atoms with Crippen LogP contribution in [0.15, 0.2) is 30.3 Å². The topological polar surface area (TPSA) is 124 Å². The Balaban J connectivity index is 1.46. The van der Waals surface area contributed by atoms with Crippen LogP contribution in [-0.4, -0.2) is 110 Å². The number of carbonyl (C=O) groups is 1. The number of halogens is 4. The van der Waals surface area contributed by atoms with Crippen LogP contribution in [0.1, 0.15) is 72.8 Å². The number of aromatic nitrogens is 2. The Hall–Kier alpha value is -5.16. The first-order valence-electron chi connectivity index (χ1n) is 21.3. The first kappa shape index (κ1) is 44.9. The second kappa shape index (κ2) is 17.9. The first-order valence-corrected chi connectivity index (χ1v) is 23.5. The summed E-state index contributed by atoms with van der Waals surface area (Å²) >= 11 is 0. The van der Waals surface area contributed by atoms with Crippen molar-refractivity contribution in [2.24, 2.45) is 0 Å². The van der Waals surface area contributed by atoms with E-state index in [-0.39, 0.29) is 114 Å². The SMILES string of the molecule is COCOc1cc(-c2c(F)cc3c(N4CCN(C(=O)O)[C@@H](CC#N)C4)nc(OC[C@@]45CCCN4C[C@H](F)C5)nc3c2F)c2c(C#C[Si](C(C)C)(C(C)C)C(C)C)c(F)ccc2c1. The summed E-state index contributed by atoms with van der Waals surface area (Å²) in [6.07, 6.45) is -0.548. The molecular formula is C46H54F4N6O5Si. The normalized spacial score (nSPS) is 20.6. The standard InChI is InChI=1S/C46H54F4N6O5Si/c1-27(2)62(28(3)4,29(5)6)18-12-34-37(48)10-9-30-19-33(61-26-59-7)20-35(39(30)34)40-38(49)21-36-42(41(40)50)52-44(60-25-46-13-8-15-55(46)23-31(47)22-46)53-43(36)54-16-17-56(45(57)58)32(24-54)11-14-51/h9-10,19-21,27-29,31-32H,8,11,13,15-17,22-26H2,1-7H3,(H,57,58)/t31-,32+,46+/m1/s1. The van der Waals surface area contributed by atoms with Gasteiger partial charge in [0.05, 0.1) is 35.2 Å². The molecule has 3 fully saturated rings. The van der Waals surface area contributed by atoms with Gasteiger partial charge in [-0.15, -0.1) is 5.54 Å². The highest BCUT2D eigenvalue weighted by atomic mass is 28.3.